The van der Waals surface area contributed by atoms with Gasteiger partial charge in [-0.05, 0) is 49.1 Å². The van der Waals surface area contributed by atoms with Crippen LogP contribution in [0, 0.1) is 12.7 Å². The number of halogens is 1. The number of hydrogen-bond acceptors (Lipinski definition) is 1. The van der Waals surface area contributed by atoms with Gasteiger partial charge in [-0.15, -0.1) is 0 Å². The summed E-state index contributed by atoms with van der Waals surface area (Å²) in [5.74, 6) is 0.818. The molecule has 0 heterocycles. The van der Waals surface area contributed by atoms with Crippen molar-refractivity contribution >= 4 is 12.6 Å². The van der Waals surface area contributed by atoms with Crippen LogP contribution in [0.4, 0.5) is 4.39 Å². The van der Waals surface area contributed by atoms with Crippen LogP contribution in [0.25, 0.3) is 0 Å². The highest BCUT2D eigenvalue weighted by Crippen LogP contribution is 2.11. The average molecular weight is 198 g/mol. The molecular weight excluding hydrogens is 183 g/mol. The molecule has 1 aromatic carbocycles. The lowest BCUT2D eigenvalue weighted by molar-refractivity contribution is 0.617. The summed E-state index contributed by atoms with van der Waals surface area (Å²) in [4.78, 5) is 0. The molecule has 0 aliphatic rings. The standard InChI is InChI=1S/C11H15FS/c1-9-8-10(4-2-3-7-13)5-6-11(9)12/h5-6,8,13H,2-4,7H2,1H3. The van der Waals surface area contributed by atoms with E-state index in [0.29, 0.717) is 0 Å². The molecule has 1 aromatic rings. The molecule has 0 spiro atoms. The second-order valence-corrected chi connectivity index (χ2v) is 3.71. The quantitative estimate of drug-likeness (QED) is 0.556. The van der Waals surface area contributed by atoms with Crippen molar-refractivity contribution in [3.8, 4) is 0 Å². The van der Waals surface area contributed by atoms with E-state index in [2.05, 4.69) is 12.6 Å². The third-order valence-electron chi connectivity index (χ3n) is 2.10. The van der Waals surface area contributed by atoms with Crippen LogP contribution in [-0.2, 0) is 6.42 Å². The number of aryl methyl sites for hydroxylation is 2. The molecule has 0 fully saturated rings. The minimum atomic E-state index is -0.113. The molecule has 0 N–H and O–H groups in total. The normalized spacial score (nSPS) is 10.4. The third kappa shape index (κ3) is 3.39. The zero-order valence-electron chi connectivity index (χ0n) is 7.89. The van der Waals surface area contributed by atoms with Crippen molar-refractivity contribution in [1.29, 1.82) is 0 Å². The molecule has 0 saturated carbocycles. The van der Waals surface area contributed by atoms with Gasteiger partial charge in [0, 0.05) is 0 Å². The van der Waals surface area contributed by atoms with Gasteiger partial charge in [0.2, 0.25) is 0 Å². The number of hydrogen-bond donors (Lipinski definition) is 1. The first-order chi connectivity index (χ1) is 6.24. The zero-order valence-corrected chi connectivity index (χ0v) is 8.78. The molecular formula is C11H15FS. The summed E-state index contributed by atoms with van der Waals surface area (Å²) in [7, 11) is 0. The van der Waals surface area contributed by atoms with Gasteiger partial charge in [-0.3, -0.25) is 0 Å². The van der Waals surface area contributed by atoms with E-state index in [1.807, 2.05) is 12.1 Å². The van der Waals surface area contributed by atoms with Crippen molar-refractivity contribution in [2.24, 2.45) is 0 Å². The molecule has 0 atom stereocenters. The van der Waals surface area contributed by atoms with Crippen molar-refractivity contribution in [2.45, 2.75) is 26.2 Å². The van der Waals surface area contributed by atoms with Gasteiger partial charge in [0.25, 0.3) is 0 Å². The van der Waals surface area contributed by atoms with Gasteiger partial charge in [-0.2, -0.15) is 12.6 Å². The smallest absolute Gasteiger partial charge is 0.126 e. The van der Waals surface area contributed by atoms with Gasteiger partial charge >= 0.3 is 0 Å². The fourth-order valence-electron chi connectivity index (χ4n) is 1.30. The third-order valence-corrected chi connectivity index (χ3v) is 2.41. The lowest BCUT2D eigenvalue weighted by Gasteiger charge is -2.02. The first-order valence-electron chi connectivity index (χ1n) is 4.60. The summed E-state index contributed by atoms with van der Waals surface area (Å²) in [5, 5.41) is 0. The number of rotatable bonds is 4. The predicted octanol–water partition coefficient (Wildman–Crippen LogP) is 3.39. The van der Waals surface area contributed by atoms with Gasteiger partial charge in [-0.1, -0.05) is 12.1 Å². The lowest BCUT2D eigenvalue weighted by Crippen LogP contribution is -1.89. The van der Waals surface area contributed by atoms with Crippen molar-refractivity contribution in [2.75, 3.05) is 5.75 Å². The first kappa shape index (κ1) is 10.6. The molecule has 1 rings (SSSR count). The second kappa shape index (κ2) is 5.28. The molecule has 0 saturated heterocycles. The maximum Gasteiger partial charge on any atom is 0.126 e. The molecule has 0 bridgehead atoms. The maximum absolute atomic E-state index is 12.9. The topological polar surface area (TPSA) is 0 Å². The number of unbranched alkanes of at least 4 members (excludes halogenated alkanes) is 1. The molecule has 0 unspecified atom stereocenters. The minimum Gasteiger partial charge on any atom is -0.207 e. The molecule has 13 heavy (non-hydrogen) atoms. The molecule has 0 nitrogen and oxygen atoms in total. The van der Waals surface area contributed by atoms with E-state index < -0.39 is 0 Å². The summed E-state index contributed by atoms with van der Waals surface area (Å²) in [6.45, 7) is 1.80. The summed E-state index contributed by atoms with van der Waals surface area (Å²) in [5.41, 5.74) is 1.96. The Morgan fingerprint density at radius 3 is 2.69 bits per heavy atom. The minimum absolute atomic E-state index is 0.113. The van der Waals surface area contributed by atoms with E-state index in [4.69, 9.17) is 0 Å². The Morgan fingerprint density at radius 1 is 1.31 bits per heavy atom. The molecule has 0 amide bonds. The van der Waals surface area contributed by atoms with Crippen LogP contribution >= 0.6 is 12.6 Å². The highest BCUT2D eigenvalue weighted by molar-refractivity contribution is 7.80. The molecule has 0 radical (unpaired) electrons. The lowest BCUT2D eigenvalue weighted by atomic mass is 10.1. The number of thiol groups is 1. The predicted molar refractivity (Wildman–Crippen MR) is 57.9 cm³/mol. The highest BCUT2D eigenvalue weighted by Gasteiger charge is 1.98. The maximum atomic E-state index is 12.9. The van der Waals surface area contributed by atoms with Crippen LogP contribution in [0.3, 0.4) is 0 Å². The molecule has 0 aliphatic heterocycles. The van der Waals surface area contributed by atoms with E-state index in [1.165, 1.54) is 5.56 Å². The van der Waals surface area contributed by atoms with E-state index in [-0.39, 0.29) is 5.82 Å². The Morgan fingerprint density at radius 2 is 2.08 bits per heavy atom. The van der Waals surface area contributed by atoms with Crippen molar-refractivity contribution in [1.82, 2.24) is 0 Å². The summed E-state index contributed by atoms with van der Waals surface area (Å²) < 4.78 is 12.9. The van der Waals surface area contributed by atoms with Crippen molar-refractivity contribution in [3.63, 3.8) is 0 Å². The van der Waals surface area contributed by atoms with Crippen LogP contribution in [0.2, 0.25) is 0 Å². The first-order valence-corrected chi connectivity index (χ1v) is 5.23. The van der Waals surface area contributed by atoms with Gasteiger partial charge in [0.15, 0.2) is 0 Å². The summed E-state index contributed by atoms with van der Waals surface area (Å²) in [6.07, 6.45) is 3.29. The Bertz CT molecular complexity index is 271. The highest BCUT2D eigenvalue weighted by atomic mass is 32.1. The molecule has 72 valence electrons. The van der Waals surface area contributed by atoms with Gasteiger partial charge in [-0.25, -0.2) is 4.39 Å². The Kier molecular flexibility index (Phi) is 4.29. The Hall–Kier alpha value is -0.500. The molecule has 0 aliphatic carbocycles. The Labute approximate surface area is 84.6 Å². The van der Waals surface area contributed by atoms with E-state index in [9.17, 15) is 4.39 Å². The van der Waals surface area contributed by atoms with E-state index in [1.54, 1.807) is 13.0 Å². The van der Waals surface area contributed by atoms with Crippen molar-refractivity contribution in [3.05, 3.63) is 35.1 Å². The zero-order chi connectivity index (χ0) is 9.68. The average Bonchev–Trinajstić information content (AvgIpc) is 2.12. The van der Waals surface area contributed by atoms with Crippen LogP contribution in [0.15, 0.2) is 18.2 Å². The van der Waals surface area contributed by atoms with Crippen LogP contribution < -0.4 is 0 Å². The largest absolute Gasteiger partial charge is 0.207 e. The van der Waals surface area contributed by atoms with E-state index in [0.717, 1.165) is 30.6 Å². The van der Waals surface area contributed by atoms with Crippen molar-refractivity contribution < 1.29 is 4.39 Å². The summed E-state index contributed by atoms with van der Waals surface area (Å²) in [6, 6.07) is 5.33. The SMILES string of the molecule is Cc1cc(CCCCS)ccc1F. The van der Waals surface area contributed by atoms with Gasteiger partial charge in [0.1, 0.15) is 5.82 Å². The van der Waals surface area contributed by atoms with Gasteiger partial charge < -0.3 is 0 Å². The number of benzene rings is 1. The molecule has 0 aromatic heterocycles. The van der Waals surface area contributed by atoms with Gasteiger partial charge in [0.05, 0.1) is 0 Å². The van der Waals surface area contributed by atoms with Crippen LogP contribution in [-0.4, -0.2) is 5.75 Å². The second-order valence-electron chi connectivity index (χ2n) is 3.26. The van der Waals surface area contributed by atoms with E-state index >= 15 is 0 Å². The fraction of sp³-hybridized carbons (Fsp3) is 0.455. The monoisotopic (exact) mass is 198 g/mol. The van der Waals surface area contributed by atoms with Crippen LogP contribution in [0.1, 0.15) is 24.0 Å². The van der Waals surface area contributed by atoms with Crippen LogP contribution in [0.5, 0.6) is 0 Å². The fourth-order valence-corrected chi connectivity index (χ4v) is 1.53. The summed E-state index contributed by atoms with van der Waals surface area (Å²) >= 11 is 4.14. The Balaban J connectivity index is 2.53. The molecule has 2 heteroatoms.